The molecule has 1 amide bonds. The summed E-state index contributed by atoms with van der Waals surface area (Å²) in [6.07, 6.45) is 2.77. The number of nitrogens with zero attached hydrogens (tertiary/aromatic N) is 1. The number of rotatable bonds is 6. The second-order valence-corrected chi connectivity index (χ2v) is 7.25. The molecule has 2 rings (SSSR count). The summed E-state index contributed by atoms with van der Waals surface area (Å²) in [5, 5.41) is 17.2. The van der Waals surface area contributed by atoms with Crippen LogP contribution in [-0.4, -0.2) is 23.9 Å². The maximum absolute atomic E-state index is 12.4. The minimum atomic E-state index is -0.556. The monoisotopic (exact) mass is 369 g/mol. The first-order valence-corrected chi connectivity index (χ1v) is 8.56. The number of hydrogen-bond donors (Lipinski definition) is 2. The quantitative estimate of drug-likeness (QED) is 0.594. The summed E-state index contributed by atoms with van der Waals surface area (Å²) in [7, 11) is 0. The van der Waals surface area contributed by atoms with Gasteiger partial charge < -0.3 is 10.6 Å². The van der Waals surface area contributed by atoms with Crippen LogP contribution in [0.3, 0.4) is 0 Å². The number of non-ortho nitro benzene ring substituents is 1. The molecule has 140 valence electrons. The Morgan fingerprint density at radius 3 is 2.40 bits per heavy atom. The van der Waals surface area contributed by atoms with Gasteiger partial charge in [0.25, 0.3) is 5.69 Å². The second-order valence-electron chi connectivity index (χ2n) is 7.25. The molecule has 0 aliphatic carbocycles. The van der Waals surface area contributed by atoms with Gasteiger partial charge in [0.05, 0.1) is 10.5 Å². The van der Waals surface area contributed by atoms with E-state index in [9.17, 15) is 14.9 Å². The summed E-state index contributed by atoms with van der Waals surface area (Å²) < 4.78 is 0. The predicted molar refractivity (Wildman–Crippen MR) is 101 cm³/mol. The molecule has 1 heterocycles. The molecule has 1 aromatic carbocycles. The Kier molecular flexibility index (Phi) is 7.83. The van der Waals surface area contributed by atoms with E-state index in [0.29, 0.717) is 18.3 Å². The van der Waals surface area contributed by atoms with Gasteiger partial charge in [0.15, 0.2) is 0 Å². The Labute approximate surface area is 155 Å². The number of piperidine rings is 1. The van der Waals surface area contributed by atoms with Gasteiger partial charge in [-0.25, -0.2) is 0 Å². The molecule has 0 saturated carbocycles. The number of carbonyl (C=O) groups is 1. The zero-order valence-electron chi connectivity index (χ0n) is 15.1. The fourth-order valence-electron chi connectivity index (χ4n) is 3.34. The number of carbonyl (C=O) groups excluding carboxylic acids is 1. The van der Waals surface area contributed by atoms with Gasteiger partial charge in [-0.15, -0.1) is 12.4 Å². The molecule has 1 fully saturated rings. The van der Waals surface area contributed by atoms with E-state index in [4.69, 9.17) is 0 Å². The summed E-state index contributed by atoms with van der Waals surface area (Å²) in [6.45, 7) is 8.05. The lowest BCUT2D eigenvalue weighted by Gasteiger charge is -2.30. The van der Waals surface area contributed by atoms with E-state index in [1.54, 1.807) is 12.1 Å². The Morgan fingerprint density at radius 2 is 1.88 bits per heavy atom. The molecule has 1 atom stereocenters. The van der Waals surface area contributed by atoms with Crippen molar-refractivity contribution in [3.05, 3.63) is 39.9 Å². The van der Waals surface area contributed by atoms with Crippen LogP contribution in [0.1, 0.15) is 45.6 Å². The Bertz CT molecular complexity index is 584. The predicted octanol–water partition coefficient (Wildman–Crippen LogP) is 3.39. The lowest BCUT2D eigenvalue weighted by atomic mass is 9.83. The van der Waals surface area contributed by atoms with Crippen LogP contribution in [0.4, 0.5) is 5.69 Å². The number of nitro benzene ring substituents is 1. The van der Waals surface area contributed by atoms with Crippen LogP contribution < -0.4 is 10.6 Å². The van der Waals surface area contributed by atoms with E-state index in [1.807, 2.05) is 13.8 Å². The van der Waals surface area contributed by atoms with Crippen LogP contribution in [-0.2, 0) is 10.3 Å². The first-order valence-electron chi connectivity index (χ1n) is 8.56. The molecule has 1 aliphatic rings. The van der Waals surface area contributed by atoms with E-state index in [2.05, 4.69) is 17.6 Å². The van der Waals surface area contributed by atoms with Gasteiger partial charge in [-0.2, -0.15) is 0 Å². The van der Waals surface area contributed by atoms with Crippen LogP contribution in [0.2, 0.25) is 0 Å². The maximum atomic E-state index is 12.4. The zero-order valence-corrected chi connectivity index (χ0v) is 15.9. The standard InChI is InChI=1S/C18H27N3O3.ClH/c1-13(14-8-10-19-11-9-14)12-17(22)20-18(2,3)15-4-6-16(7-5-15)21(23)24;/h4-7,13-14,19H,8-12H2,1-3H3,(H,20,22);1H. The minimum Gasteiger partial charge on any atom is -0.347 e. The highest BCUT2D eigenvalue weighted by atomic mass is 35.5. The number of benzene rings is 1. The summed E-state index contributed by atoms with van der Waals surface area (Å²) in [6, 6.07) is 6.35. The van der Waals surface area contributed by atoms with Crippen molar-refractivity contribution in [1.82, 2.24) is 10.6 Å². The van der Waals surface area contributed by atoms with Crippen LogP contribution in [0.25, 0.3) is 0 Å². The molecule has 0 bridgehead atoms. The van der Waals surface area contributed by atoms with Crippen LogP contribution in [0.15, 0.2) is 24.3 Å². The highest BCUT2D eigenvalue weighted by molar-refractivity contribution is 5.85. The van der Waals surface area contributed by atoms with Crippen molar-refractivity contribution >= 4 is 24.0 Å². The van der Waals surface area contributed by atoms with E-state index >= 15 is 0 Å². The summed E-state index contributed by atoms with van der Waals surface area (Å²) >= 11 is 0. The molecular formula is C18H28ClN3O3. The first kappa shape index (κ1) is 21.4. The SMILES string of the molecule is CC(CC(=O)NC(C)(C)c1ccc([N+](=O)[O-])cc1)C1CCNCC1.Cl. The van der Waals surface area contributed by atoms with Gasteiger partial charge in [0, 0.05) is 18.6 Å². The van der Waals surface area contributed by atoms with E-state index in [-0.39, 0.29) is 24.0 Å². The Hall–Kier alpha value is -1.66. The molecule has 1 saturated heterocycles. The van der Waals surface area contributed by atoms with Gasteiger partial charge in [0.1, 0.15) is 0 Å². The minimum absolute atomic E-state index is 0. The summed E-state index contributed by atoms with van der Waals surface area (Å²) in [5.41, 5.74) is 0.358. The van der Waals surface area contributed by atoms with Crippen LogP contribution >= 0.6 is 12.4 Å². The van der Waals surface area contributed by atoms with Crippen molar-refractivity contribution < 1.29 is 9.72 Å². The molecule has 0 aromatic heterocycles. The van der Waals surface area contributed by atoms with Gasteiger partial charge in [0.2, 0.25) is 5.91 Å². The largest absolute Gasteiger partial charge is 0.347 e. The third-order valence-electron chi connectivity index (χ3n) is 4.95. The number of amides is 1. The van der Waals surface area contributed by atoms with Crippen LogP contribution in [0.5, 0.6) is 0 Å². The normalized spacial score (nSPS) is 16.6. The summed E-state index contributed by atoms with van der Waals surface area (Å²) in [5.74, 6) is 0.989. The van der Waals surface area contributed by atoms with Gasteiger partial charge >= 0.3 is 0 Å². The van der Waals surface area contributed by atoms with E-state index in [0.717, 1.165) is 31.5 Å². The molecule has 1 unspecified atom stereocenters. The van der Waals surface area contributed by atoms with Gasteiger partial charge in [-0.1, -0.05) is 6.92 Å². The Morgan fingerprint density at radius 1 is 1.32 bits per heavy atom. The number of nitrogens with one attached hydrogen (secondary N) is 2. The molecule has 1 aromatic rings. The van der Waals surface area contributed by atoms with Crippen molar-refractivity contribution in [1.29, 1.82) is 0 Å². The van der Waals surface area contributed by atoms with Gasteiger partial charge in [-0.3, -0.25) is 14.9 Å². The lowest BCUT2D eigenvalue weighted by molar-refractivity contribution is -0.384. The first-order chi connectivity index (χ1) is 11.3. The van der Waals surface area contributed by atoms with Crippen molar-refractivity contribution in [3.8, 4) is 0 Å². The average molecular weight is 370 g/mol. The van der Waals surface area contributed by atoms with Crippen molar-refractivity contribution in [2.45, 2.75) is 45.6 Å². The smallest absolute Gasteiger partial charge is 0.269 e. The third-order valence-corrected chi connectivity index (χ3v) is 4.95. The maximum Gasteiger partial charge on any atom is 0.269 e. The van der Waals surface area contributed by atoms with Crippen LogP contribution in [0, 0.1) is 22.0 Å². The van der Waals surface area contributed by atoms with Crippen molar-refractivity contribution in [2.24, 2.45) is 11.8 Å². The fourth-order valence-corrected chi connectivity index (χ4v) is 3.34. The number of halogens is 1. The van der Waals surface area contributed by atoms with E-state index < -0.39 is 10.5 Å². The average Bonchev–Trinajstić information content (AvgIpc) is 2.55. The molecule has 6 nitrogen and oxygen atoms in total. The lowest BCUT2D eigenvalue weighted by Crippen LogP contribution is -2.42. The molecular weight excluding hydrogens is 342 g/mol. The Balaban J connectivity index is 0.00000312. The summed E-state index contributed by atoms with van der Waals surface area (Å²) in [4.78, 5) is 22.7. The number of nitro groups is 1. The molecule has 0 spiro atoms. The zero-order chi connectivity index (χ0) is 17.7. The molecule has 7 heteroatoms. The molecule has 1 aliphatic heterocycles. The molecule has 25 heavy (non-hydrogen) atoms. The fraction of sp³-hybridized carbons (Fsp3) is 0.611. The highest BCUT2D eigenvalue weighted by Gasteiger charge is 2.27. The number of hydrogen-bond acceptors (Lipinski definition) is 4. The van der Waals surface area contributed by atoms with E-state index in [1.165, 1.54) is 12.1 Å². The molecule has 0 radical (unpaired) electrons. The topological polar surface area (TPSA) is 84.3 Å². The van der Waals surface area contributed by atoms with Gasteiger partial charge in [-0.05, 0) is 69.3 Å². The molecule has 2 N–H and O–H groups in total. The second kappa shape index (κ2) is 9.15. The highest BCUT2D eigenvalue weighted by Crippen LogP contribution is 2.26. The van der Waals surface area contributed by atoms with Crippen molar-refractivity contribution in [2.75, 3.05) is 13.1 Å². The third kappa shape index (κ3) is 5.97. The van der Waals surface area contributed by atoms with Crippen molar-refractivity contribution in [3.63, 3.8) is 0 Å².